The van der Waals surface area contributed by atoms with Crippen molar-refractivity contribution >= 4 is 29.0 Å². The third-order valence-corrected chi connectivity index (χ3v) is 5.39. The van der Waals surface area contributed by atoms with Crippen LogP contribution in [0.4, 0.5) is 11.4 Å². The van der Waals surface area contributed by atoms with Gasteiger partial charge in [-0.15, -0.1) is 10.2 Å². The molecule has 0 radical (unpaired) electrons. The molecule has 0 bridgehead atoms. The van der Waals surface area contributed by atoms with E-state index in [0.29, 0.717) is 23.2 Å². The van der Waals surface area contributed by atoms with Crippen molar-refractivity contribution in [1.82, 2.24) is 14.8 Å². The second kappa shape index (κ2) is 9.40. The molecule has 2 aromatic carbocycles. The monoisotopic (exact) mass is 427 g/mol. The highest BCUT2D eigenvalue weighted by atomic mass is 32.2. The molecule has 0 unspecified atom stereocenters. The number of carbonyl (C=O) groups excluding carboxylic acids is 1. The van der Waals surface area contributed by atoms with Gasteiger partial charge in [0, 0.05) is 24.2 Å². The number of methoxy groups -OCH3 is 1. The number of amides is 1. The summed E-state index contributed by atoms with van der Waals surface area (Å²) in [5, 5.41) is 22.8. The molecule has 0 aliphatic carbocycles. The maximum atomic E-state index is 12.4. The van der Waals surface area contributed by atoms with Gasteiger partial charge in [-0.25, -0.2) is 0 Å². The third kappa shape index (κ3) is 4.77. The van der Waals surface area contributed by atoms with Crippen molar-refractivity contribution in [3.63, 3.8) is 0 Å². The summed E-state index contributed by atoms with van der Waals surface area (Å²) in [6.07, 6.45) is 0. The van der Waals surface area contributed by atoms with Crippen molar-refractivity contribution in [2.45, 2.75) is 25.5 Å². The SMILES string of the molecule is CCn1c(SCC(=O)Nc2cc([N+](=O)[O-])ccc2C)nnc1-c1ccc(OC)cc1. The Bertz CT molecular complexity index is 1070. The van der Waals surface area contributed by atoms with Gasteiger partial charge in [0.25, 0.3) is 5.69 Å². The number of nitrogens with zero attached hydrogens (tertiary/aromatic N) is 4. The van der Waals surface area contributed by atoms with E-state index in [2.05, 4.69) is 15.5 Å². The lowest BCUT2D eigenvalue weighted by atomic mass is 10.2. The number of nitro groups is 1. The first-order valence-corrected chi connectivity index (χ1v) is 10.2. The van der Waals surface area contributed by atoms with E-state index in [0.717, 1.165) is 16.9 Å². The van der Waals surface area contributed by atoms with Gasteiger partial charge < -0.3 is 14.6 Å². The fourth-order valence-corrected chi connectivity index (χ4v) is 3.61. The van der Waals surface area contributed by atoms with Crippen molar-refractivity contribution < 1.29 is 14.5 Å². The van der Waals surface area contributed by atoms with Gasteiger partial charge in [-0.2, -0.15) is 0 Å². The van der Waals surface area contributed by atoms with Gasteiger partial charge in [-0.1, -0.05) is 17.8 Å². The number of non-ortho nitro benzene ring substituents is 1. The number of nitrogens with one attached hydrogen (secondary N) is 1. The van der Waals surface area contributed by atoms with Crippen LogP contribution >= 0.6 is 11.8 Å². The Hall–Kier alpha value is -3.40. The number of benzene rings is 2. The molecular weight excluding hydrogens is 406 g/mol. The number of hydrogen-bond donors (Lipinski definition) is 1. The molecule has 30 heavy (non-hydrogen) atoms. The number of thioether (sulfide) groups is 1. The largest absolute Gasteiger partial charge is 0.497 e. The Morgan fingerprint density at radius 1 is 1.23 bits per heavy atom. The zero-order valence-electron chi connectivity index (χ0n) is 16.8. The molecule has 156 valence electrons. The summed E-state index contributed by atoms with van der Waals surface area (Å²) >= 11 is 1.26. The van der Waals surface area contributed by atoms with Crippen LogP contribution in [0.5, 0.6) is 5.75 Å². The van der Waals surface area contributed by atoms with Gasteiger partial charge in [0.05, 0.1) is 23.5 Å². The summed E-state index contributed by atoms with van der Waals surface area (Å²) in [7, 11) is 1.61. The molecule has 3 aromatic rings. The number of ether oxygens (including phenoxy) is 1. The maximum absolute atomic E-state index is 12.4. The average molecular weight is 427 g/mol. The Labute approximate surface area is 177 Å². The predicted molar refractivity (Wildman–Crippen MR) is 115 cm³/mol. The molecule has 0 spiro atoms. The van der Waals surface area contributed by atoms with Crippen LogP contribution in [-0.2, 0) is 11.3 Å². The fraction of sp³-hybridized carbons (Fsp3) is 0.250. The summed E-state index contributed by atoms with van der Waals surface area (Å²) in [5.41, 5.74) is 2.00. The molecule has 1 aromatic heterocycles. The standard InChI is InChI=1S/C20H21N5O4S/c1-4-24-19(14-6-9-16(29-3)10-7-14)22-23-20(24)30-12-18(26)21-17-11-15(25(27)28)8-5-13(17)2/h5-11H,4,12H2,1-3H3,(H,21,26). The number of anilines is 1. The van der Waals surface area contributed by atoms with Crippen LogP contribution in [0.15, 0.2) is 47.6 Å². The Kier molecular flexibility index (Phi) is 6.68. The van der Waals surface area contributed by atoms with Crippen LogP contribution in [0, 0.1) is 17.0 Å². The van der Waals surface area contributed by atoms with E-state index in [-0.39, 0.29) is 17.3 Å². The van der Waals surface area contributed by atoms with Gasteiger partial charge in [0.1, 0.15) is 5.75 Å². The zero-order valence-corrected chi connectivity index (χ0v) is 17.6. The summed E-state index contributed by atoms with van der Waals surface area (Å²) in [6.45, 7) is 4.40. The highest BCUT2D eigenvalue weighted by Crippen LogP contribution is 2.26. The van der Waals surface area contributed by atoms with E-state index in [4.69, 9.17) is 4.74 Å². The molecular formula is C20H21N5O4S. The summed E-state index contributed by atoms with van der Waals surface area (Å²) in [5.74, 6) is 1.28. The van der Waals surface area contributed by atoms with Crippen LogP contribution in [0.25, 0.3) is 11.4 Å². The first kappa shape index (κ1) is 21.3. The van der Waals surface area contributed by atoms with Gasteiger partial charge in [0.15, 0.2) is 11.0 Å². The summed E-state index contributed by atoms with van der Waals surface area (Å²) < 4.78 is 7.11. The lowest BCUT2D eigenvalue weighted by molar-refractivity contribution is -0.384. The Morgan fingerprint density at radius 2 is 1.97 bits per heavy atom. The number of nitro benzene ring substituents is 1. The van der Waals surface area contributed by atoms with E-state index in [1.54, 1.807) is 20.1 Å². The minimum Gasteiger partial charge on any atom is -0.497 e. The Balaban J connectivity index is 1.70. The minimum atomic E-state index is -0.492. The molecule has 9 nitrogen and oxygen atoms in total. The molecule has 0 aliphatic heterocycles. The molecule has 1 amide bonds. The van der Waals surface area contributed by atoms with Crippen LogP contribution in [0.2, 0.25) is 0 Å². The van der Waals surface area contributed by atoms with Gasteiger partial charge in [0.2, 0.25) is 5.91 Å². The number of carbonyl (C=O) groups is 1. The summed E-state index contributed by atoms with van der Waals surface area (Å²) in [6, 6.07) is 11.9. The maximum Gasteiger partial charge on any atom is 0.271 e. The van der Waals surface area contributed by atoms with Gasteiger partial charge in [-0.3, -0.25) is 14.9 Å². The number of aromatic nitrogens is 3. The Morgan fingerprint density at radius 3 is 2.60 bits per heavy atom. The van der Waals surface area contributed by atoms with Crippen LogP contribution in [-0.4, -0.2) is 38.5 Å². The first-order valence-electron chi connectivity index (χ1n) is 9.18. The number of hydrogen-bond acceptors (Lipinski definition) is 7. The lowest BCUT2D eigenvalue weighted by Crippen LogP contribution is -2.15. The summed E-state index contributed by atoms with van der Waals surface area (Å²) in [4.78, 5) is 22.9. The van der Waals surface area contributed by atoms with Crippen molar-refractivity contribution in [3.05, 3.63) is 58.1 Å². The average Bonchev–Trinajstić information content (AvgIpc) is 3.16. The molecule has 0 aliphatic rings. The second-order valence-electron chi connectivity index (χ2n) is 6.37. The predicted octanol–water partition coefficient (Wildman–Crippen LogP) is 3.92. The highest BCUT2D eigenvalue weighted by Gasteiger charge is 2.16. The smallest absolute Gasteiger partial charge is 0.271 e. The van der Waals surface area contributed by atoms with Crippen molar-refractivity contribution in [3.8, 4) is 17.1 Å². The second-order valence-corrected chi connectivity index (χ2v) is 7.31. The van der Waals surface area contributed by atoms with Crippen LogP contribution in [0.1, 0.15) is 12.5 Å². The van der Waals surface area contributed by atoms with Gasteiger partial charge in [-0.05, 0) is 43.7 Å². The highest BCUT2D eigenvalue weighted by molar-refractivity contribution is 7.99. The van der Waals surface area contributed by atoms with E-state index in [9.17, 15) is 14.9 Å². The topological polar surface area (TPSA) is 112 Å². The molecule has 10 heteroatoms. The minimum absolute atomic E-state index is 0.0709. The quantitative estimate of drug-likeness (QED) is 0.329. The zero-order chi connectivity index (χ0) is 21.7. The van der Waals surface area contributed by atoms with Gasteiger partial charge >= 0.3 is 0 Å². The molecule has 0 saturated heterocycles. The van der Waals surface area contributed by atoms with Crippen molar-refractivity contribution in [1.29, 1.82) is 0 Å². The number of aryl methyl sites for hydroxylation is 1. The molecule has 0 atom stereocenters. The van der Waals surface area contributed by atoms with E-state index < -0.39 is 4.92 Å². The van der Waals surface area contributed by atoms with E-state index in [1.165, 1.54) is 23.9 Å². The normalized spacial score (nSPS) is 10.6. The molecule has 0 fully saturated rings. The number of rotatable bonds is 8. The fourth-order valence-electron chi connectivity index (χ4n) is 2.81. The van der Waals surface area contributed by atoms with Crippen molar-refractivity contribution in [2.75, 3.05) is 18.2 Å². The molecule has 1 heterocycles. The molecule has 3 rings (SSSR count). The van der Waals surface area contributed by atoms with Crippen LogP contribution in [0.3, 0.4) is 0 Å². The first-order chi connectivity index (χ1) is 14.4. The van der Waals surface area contributed by atoms with Crippen LogP contribution < -0.4 is 10.1 Å². The van der Waals surface area contributed by atoms with E-state index >= 15 is 0 Å². The molecule has 1 N–H and O–H groups in total. The van der Waals surface area contributed by atoms with E-state index in [1.807, 2.05) is 35.8 Å². The van der Waals surface area contributed by atoms with Crippen molar-refractivity contribution in [2.24, 2.45) is 0 Å². The third-order valence-electron chi connectivity index (χ3n) is 4.42. The molecule has 0 saturated carbocycles. The lowest BCUT2D eigenvalue weighted by Gasteiger charge is -2.09.